The third-order valence-corrected chi connectivity index (χ3v) is 3.68. The minimum atomic E-state index is 0.604. The Morgan fingerprint density at radius 1 is 1.20 bits per heavy atom. The molecule has 1 N–H and O–H groups in total. The second-order valence-corrected chi connectivity index (χ2v) is 6.51. The average Bonchev–Trinajstić information content (AvgIpc) is 2.27. The molecule has 0 aromatic heterocycles. The fourth-order valence-corrected chi connectivity index (χ4v) is 2.51. The molecule has 1 unspecified atom stereocenters. The molecule has 0 aromatic rings. The van der Waals surface area contributed by atoms with Crippen molar-refractivity contribution in [3.8, 4) is 0 Å². The number of rotatable bonds is 4. The van der Waals surface area contributed by atoms with Crippen LogP contribution in [0.5, 0.6) is 0 Å². The first-order valence-electron chi connectivity index (χ1n) is 6.70. The third kappa shape index (κ3) is 5.55. The summed E-state index contributed by atoms with van der Waals surface area (Å²) >= 11 is 0. The third-order valence-electron chi connectivity index (χ3n) is 3.68. The second-order valence-electron chi connectivity index (χ2n) is 6.51. The molecule has 0 bridgehead atoms. The molecule has 0 heterocycles. The van der Waals surface area contributed by atoms with Crippen LogP contribution in [-0.2, 0) is 0 Å². The van der Waals surface area contributed by atoms with Crippen LogP contribution in [-0.4, -0.2) is 13.1 Å². The molecule has 1 saturated carbocycles. The van der Waals surface area contributed by atoms with Gasteiger partial charge in [0, 0.05) is 0 Å². The van der Waals surface area contributed by atoms with Crippen LogP contribution < -0.4 is 5.32 Å². The van der Waals surface area contributed by atoms with Gasteiger partial charge >= 0.3 is 0 Å². The smallest absolute Gasteiger partial charge is 0.00204 e. The Balaban J connectivity index is 2.20. The zero-order valence-electron chi connectivity index (χ0n) is 11.1. The van der Waals surface area contributed by atoms with E-state index in [4.69, 9.17) is 0 Å². The Hall–Kier alpha value is -0.0400. The molecule has 15 heavy (non-hydrogen) atoms. The van der Waals surface area contributed by atoms with E-state index >= 15 is 0 Å². The highest BCUT2D eigenvalue weighted by Gasteiger charge is 2.23. The highest BCUT2D eigenvalue weighted by molar-refractivity contribution is 4.77. The fourth-order valence-electron chi connectivity index (χ4n) is 2.51. The summed E-state index contributed by atoms with van der Waals surface area (Å²) < 4.78 is 0. The van der Waals surface area contributed by atoms with Gasteiger partial charge in [-0.2, -0.15) is 0 Å². The van der Waals surface area contributed by atoms with E-state index in [0.29, 0.717) is 5.41 Å². The second kappa shape index (κ2) is 5.89. The molecule has 1 nitrogen and oxygen atoms in total. The van der Waals surface area contributed by atoms with E-state index in [2.05, 4.69) is 33.0 Å². The maximum absolute atomic E-state index is 3.61. The van der Waals surface area contributed by atoms with Gasteiger partial charge in [-0.3, -0.25) is 0 Å². The monoisotopic (exact) mass is 211 g/mol. The van der Waals surface area contributed by atoms with E-state index in [1.165, 1.54) is 45.2 Å². The van der Waals surface area contributed by atoms with Gasteiger partial charge in [0.15, 0.2) is 0 Å². The fraction of sp³-hybridized carbons (Fsp3) is 1.00. The molecule has 1 fully saturated rings. The lowest BCUT2D eigenvalue weighted by atomic mass is 9.85. The molecule has 1 rings (SSSR count). The molecule has 1 atom stereocenters. The Labute approximate surface area is 96.0 Å². The summed E-state index contributed by atoms with van der Waals surface area (Å²) in [6.07, 6.45) is 7.14. The van der Waals surface area contributed by atoms with Crippen molar-refractivity contribution >= 4 is 0 Å². The Morgan fingerprint density at radius 3 is 2.60 bits per heavy atom. The molecule has 0 aromatic carbocycles. The Morgan fingerprint density at radius 2 is 1.93 bits per heavy atom. The minimum absolute atomic E-state index is 0.604. The van der Waals surface area contributed by atoms with E-state index in [-0.39, 0.29) is 0 Å². The summed E-state index contributed by atoms with van der Waals surface area (Å²) in [5.74, 6) is 1.72. The van der Waals surface area contributed by atoms with E-state index in [9.17, 15) is 0 Å². The topological polar surface area (TPSA) is 12.0 Å². The highest BCUT2D eigenvalue weighted by Crippen LogP contribution is 2.35. The van der Waals surface area contributed by atoms with E-state index in [1.54, 1.807) is 0 Å². The SMILES string of the molecule is CC(C)CNCC1CCCC(C)(C)CC1. The molecule has 1 aliphatic rings. The first-order valence-corrected chi connectivity index (χ1v) is 6.70. The van der Waals surface area contributed by atoms with Crippen LogP contribution in [0.15, 0.2) is 0 Å². The number of hydrogen-bond donors (Lipinski definition) is 1. The molecular weight excluding hydrogens is 182 g/mol. The summed E-state index contributed by atoms with van der Waals surface area (Å²) in [6, 6.07) is 0. The molecule has 1 aliphatic carbocycles. The van der Waals surface area contributed by atoms with Crippen molar-refractivity contribution in [1.82, 2.24) is 5.32 Å². The van der Waals surface area contributed by atoms with Crippen molar-refractivity contribution in [3.05, 3.63) is 0 Å². The maximum atomic E-state index is 3.61. The molecule has 0 radical (unpaired) electrons. The van der Waals surface area contributed by atoms with E-state index in [0.717, 1.165) is 11.8 Å². The highest BCUT2D eigenvalue weighted by atomic mass is 14.9. The summed E-state index contributed by atoms with van der Waals surface area (Å²) in [5.41, 5.74) is 0.604. The molecule has 0 spiro atoms. The minimum Gasteiger partial charge on any atom is -0.316 e. The van der Waals surface area contributed by atoms with Crippen LogP contribution in [0.25, 0.3) is 0 Å². The maximum Gasteiger partial charge on any atom is -0.00204 e. The number of nitrogens with one attached hydrogen (secondary N) is 1. The Kier molecular flexibility index (Phi) is 5.11. The predicted octanol–water partition coefficient (Wildman–Crippen LogP) is 3.84. The summed E-state index contributed by atoms with van der Waals surface area (Å²) in [5, 5.41) is 3.61. The average molecular weight is 211 g/mol. The van der Waals surface area contributed by atoms with Gasteiger partial charge in [0.25, 0.3) is 0 Å². The zero-order chi connectivity index (χ0) is 11.3. The van der Waals surface area contributed by atoms with Crippen LogP contribution >= 0.6 is 0 Å². The molecule has 0 amide bonds. The lowest BCUT2D eigenvalue weighted by Gasteiger charge is -2.22. The van der Waals surface area contributed by atoms with E-state index in [1.807, 2.05) is 0 Å². The van der Waals surface area contributed by atoms with Crippen LogP contribution in [0.1, 0.15) is 59.8 Å². The van der Waals surface area contributed by atoms with Gasteiger partial charge in [-0.15, -0.1) is 0 Å². The van der Waals surface area contributed by atoms with Crippen LogP contribution in [0.4, 0.5) is 0 Å². The Bertz CT molecular complexity index is 172. The van der Waals surface area contributed by atoms with Crippen molar-refractivity contribution in [2.75, 3.05) is 13.1 Å². The summed E-state index contributed by atoms with van der Waals surface area (Å²) in [4.78, 5) is 0. The quantitative estimate of drug-likeness (QED) is 0.697. The van der Waals surface area contributed by atoms with Gasteiger partial charge in [0.1, 0.15) is 0 Å². The molecule has 0 aliphatic heterocycles. The summed E-state index contributed by atoms with van der Waals surface area (Å²) in [6.45, 7) is 11.8. The lowest BCUT2D eigenvalue weighted by molar-refractivity contribution is 0.306. The predicted molar refractivity (Wildman–Crippen MR) is 68.1 cm³/mol. The largest absolute Gasteiger partial charge is 0.316 e. The summed E-state index contributed by atoms with van der Waals surface area (Å²) in [7, 11) is 0. The van der Waals surface area contributed by atoms with Crippen molar-refractivity contribution in [2.24, 2.45) is 17.3 Å². The first kappa shape index (κ1) is 13.0. The van der Waals surface area contributed by atoms with Gasteiger partial charge in [0.05, 0.1) is 0 Å². The van der Waals surface area contributed by atoms with Gasteiger partial charge in [-0.25, -0.2) is 0 Å². The number of hydrogen-bond acceptors (Lipinski definition) is 1. The van der Waals surface area contributed by atoms with E-state index < -0.39 is 0 Å². The van der Waals surface area contributed by atoms with Crippen molar-refractivity contribution in [2.45, 2.75) is 59.8 Å². The van der Waals surface area contributed by atoms with Gasteiger partial charge < -0.3 is 5.32 Å². The normalized spacial score (nSPS) is 26.6. The van der Waals surface area contributed by atoms with Crippen LogP contribution in [0.3, 0.4) is 0 Å². The molecular formula is C14H29N. The van der Waals surface area contributed by atoms with Gasteiger partial charge in [-0.05, 0) is 56.0 Å². The lowest BCUT2D eigenvalue weighted by Crippen LogP contribution is -2.26. The standard InChI is InChI=1S/C14H29N/c1-12(2)10-15-11-13-6-5-8-14(3,4)9-7-13/h12-13,15H,5-11H2,1-4H3. The molecule has 1 heteroatoms. The first-order chi connectivity index (χ1) is 6.99. The van der Waals surface area contributed by atoms with Crippen LogP contribution in [0, 0.1) is 17.3 Å². The van der Waals surface area contributed by atoms with Crippen LogP contribution in [0.2, 0.25) is 0 Å². The van der Waals surface area contributed by atoms with Gasteiger partial charge in [0.2, 0.25) is 0 Å². The van der Waals surface area contributed by atoms with Gasteiger partial charge in [-0.1, -0.05) is 34.1 Å². The molecule has 0 saturated heterocycles. The van der Waals surface area contributed by atoms with Crippen molar-refractivity contribution < 1.29 is 0 Å². The molecule has 90 valence electrons. The van der Waals surface area contributed by atoms with Crippen molar-refractivity contribution in [3.63, 3.8) is 0 Å². The van der Waals surface area contributed by atoms with Crippen molar-refractivity contribution in [1.29, 1.82) is 0 Å². The zero-order valence-corrected chi connectivity index (χ0v) is 11.1.